The highest BCUT2D eigenvalue weighted by Gasteiger charge is 2.36. The Balaban J connectivity index is 1.42. The van der Waals surface area contributed by atoms with Gasteiger partial charge in [0, 0.05) is 74.4 Å². The van der Waals surface area contributed by atoms with Gasteiger partial charge in [0.25, 0.3) is 0 Å². The standard InChI is InChI=1S/C30H34F3N7O3Si/c1-44(2,3)10-9-43-18-40-16-20(11-22(40)13-34)19-6-7-23-24(14-35-26(23)12-19)27-25(30(31,32)33)15-36-28(38-27)37-21-5-4-8-39(17-21)29(41)42/h6-7,11-12,14-16,21,35H,4-5,8-10,17-18H2,1-3H3,(H,41,42)(H,36,37,38)/t21-/m0/s1. The first-order valence-electron chi connectivity index (χ1n) is 14.3. The van der Waals surface area contributed by atoms with Gasteiger partial charge in [-0.3, -0.25) is 0 Å². The van der Waals surface area contributed by atoms with Crippen LogP contribution in [-0.4, -0.2) is 69.4 Å². The van der Waals surface area contributed by atoms with Crippen molar-refractivity contribution in [1.82, 2.24) is 24.4 Å². The van der Waals surface area contributed by atoms with Crippen molar-refractivity contribution in [3.8, 4) is 28.5 Å². The minimum Gasteiger partial charge on any atom is -0.465 e. The van der Waals surface area contributed by atoms with Crippen LogP contribution in [0.4, 0.5) is 23.9 Å². The number of fused-ring (bicyclic) bond motifs is 1. The molecule has 3 aromatic heterocycles. The molecular weight excluding hydrogens is 591 g/mol. The molecule has 1 fully saturated rings. The molecule has 0 unspecified atom stereocenters. The molecule has 1 atom stereocenters. The number of nitrogens with one attached hydrogen (secondary N) is 2. The topological polar surface area (TPSA) is 132 Å². The Morgan fingerprint density at radius 1 is 1.27 bits per heavy atom. The van der Waals surface area contributed by atoms with Crippen LogP contribution in [0, 0.1) is 11.3 Å². The highest BCUT2D eigenvalue weighted by Crippen LogP contribution is 2.39. The second kappa shape index (κ2) is 12.3. The number of nitriles is 1. The molecule has 0 saturated carbocycles. The molecule has 14 heteroatoms. The Kier molecular flexibility index (Phi) is 8.71. The van der Waals surface area contributed by atoms with Crippen LogP contribution < -0.4 is 5.32 Å². The molecule has 10 nitrogen and oxygen atoms in total. The average molecular weight is 626 g/mol. The lowest BCUT2D eigenvalue weighted by molar-refractivity contribution is -0.137. The normalized spacial score (nSPS) is 15.8. The number of amides is 1. The molecule has 3 N–H and O–H groups in total. The van der Waals surface area contributed by atoms with Gasteiger partial charge in [0.05, 0.1) is 5.69 Å². The maximum absolute atomic E-state index is 14.1. The molecule has 232 valence electrons. The Bertz CT molecular complexity index is 1700. The van der Waals surface area contributed by atoms with E-state index in [-0.39, 0.29) is 36.5 Å². The van der Waals surface area contributed by atoms with E-state index in [0.29, 0.717) is 42.6 Å². The van der Waals surface area contributed by atoms with Crippen LogP contribution in [0.3, 0.4) is 0 Å². The van der Waals surface area contributed by atoms with E-state index in [9.17, 15) is 28.3 Å². The number of hydrogen-bond acceptors (Lipinski definition) is 6. The second-order valence-corrected chi connectivity index (χ2v) is 17.8. The summed E-state index contributed by atoms with van der Waals surface area (Å²) in [5.74, 6) is -0.00588. The number of H-pyrrole nitrogens is 1. The Hall–Kier alpha value is -4.35. The van der Waals surface area contributed by atoms with E-state index in [2.05, 4.69) is 46.0 Å². The second-order valence-electron chi connectivity index (χ2n) is 12.2. The van der Waals surface area contributed by atoms with E-state index in [1.807, 2.05) is 12.3 Å². The Morgan fingerprint density at radius 3 is 2.77 bits per heavy atom. The van der Waals surface area contributed by atoms with E-state index in [1.165, 1.54) is 11.1 Å². The number of carboxylic acid groups (broad SMARTS) is 1. The van der Waals surface area contributed by atoms with Crippen LogP contribution >= 0.6 is 0 Å². The minimum atomic E-state index is -4.70. The zero-order chi connectivity index (χ0) is 31.6. The third-order valence-electron chi connectivity index (χ3n) is 7.63. The van der Waals surface area contributed by atoms with E-state index in [0.717, 1.165) is 23.4 Å². The number of ether oxygens (including phenoxy) is 1. The van der Waals surface area contributed by atoms with Crippen molar-refractivity contribution in [3.05, 3.63) is 54.1 Å². The number of piperidine rings is 1. The van der Waals surface area contributed by atoms with Gasteiger partial charge in [-0.05, 0) is 36.6 Å². The molecule has 44 heavy (non-hydrogen) atoms. The van der Waals surface area contributed by atoms with Gasteiger partial charge >= 0.3 is 12.3 Å². The molecule has 1 aliphatic heterocycles. The molecule has 0 spiro atoms. The number of nitrogens with zero attached hydrogens (tertiary/aromatic N) is 5. The third kappa shape index (κ3) is 7.06. The first-order chi connectivity index (χ1) is 20.8. The van der Waals surface area contributed by atoms with Gasteiger partial charge in [0.15, 0.2) is 0 Å². The first kappa shape index (κ1) is 31.1. The summed E-state index contributed by atoms with van der Waals surface area (Å²) in [5.41, 5.74) is 1.60. The summed E-state index contributed by atoms with van der Waals surface area (Å²) in [4.78, 5) is 23.9. The van der Waals surface area contributed by atoms with E-state index < -0.39 is 25.9 Å². The zero-order valence-electron chi connectivity index (χ0n) is 24.7. The van der Waals surface area contributed by atoms with E-state index in [4.69, 9.17) is 4.74 Å². The van der Waals surface area contributed by atoms with Gasteiger partial charge in [-0.15, -0.1) is 0 Å². The molecule has 1 aliphatic rings. The number of benzene rings is 1. The molecule has 0 bridgehead atoms. The molecule has 4 heterocycles. The largest absolute Gasteiger partial charge is 0.465 e. The lowest BCUT2D eigenvalue weighted by atomic mass is 10.0. The van der Waals surface area contributed by atoms with Crippen molar-refractivity contribution >= 4 is 31.0 Å². The van der Waals surface area contributed by atoms with Crippen molar-refractivity contribution in [2.45, 2.75) is 57.5 Å². The zero-order valence-corrected chi connectivity index (χ0v) is 25.7. The summed E-state index contributed by atoms with van der Waals surface area (Å²) in [7, 11) is -1.25. The van der Waals surface area contributed by atoms with Crippen molar-refractivity contribution in [3.63, 3.8) is 0 Å². The Morgan fingerprint density at radius 2 is 2.07 bits per heavy atom. The van der Waals surface area contributed by atoms with Crippen LogP contribution in [0.2, 0.25) is 25.7 Å². The van der Waals surface area contributed by atoms with Gasteiger partial charge in [0.2, 0.25) is 5.95 Å². The highest BCUT2D eigenvalue weighted by molar-refractivity contribution is 6.76. The Labute approximate surface area is 253 Å². The van der Waals surface area contributed by atoms with Crippen molar-refractivity contribution in [2.75, 3.05) is 25.0 Å². The number of rotatable bonds is 9. The number of anilines is 1. The van der Waals surface area contributed by atoms with E-state index in [1.54, 1.807) is 22.8 Å². The third-order valence-corrected chi connectivity index (χ3v) is 9.33. The molecule has 1 saturated heterocycles. The fourth-order valence-electron chi connectivity index (χ4n) is 5.22. The predicted molar refractivity (Wildman–Crippen MR) is 163 cm³/mol. The molecule has 1 amide bonds. The SMILES string of the molecule is C[Si](C)(C)CCOCn1cc(-c2ccc3c(-c4nc(N[C@H]5CCCN(C(=O)O)C5)ncc4C(F)(F)F)c[nH]c3c2)cc1C#N. The van der Waals surface area contributed by atoms with Crippen LogP contribution in [-0.2, 0) is 17.6 Å². The number of carbonyl (C=O) groups is 1. The van der Waals surface area contributed by atoms with Crippen molar-refractivity contribution in [2.24, 2.45) is 0 Å². The number of halogens is 3. The number of likely N-dealkylation sites (tertiary alicyclic amines) is 1. The molecule has 5 rings (SSSR count). The quantitative estimate of drug-likeness (QED) is 0.137. The monoisotopic (exact) mass is 625 g/mol. The van der Waals surface area contributed by atoms with Gasteiger partial charge in [-0.2, -0.15) is 18.4 Å². The molecule has 0 radical (unpaired) electrons. The fourth-order valence-corrected chi connectivity index (χ4v) is 5.98. The molecular formula is C30H34F3N7O3Si. The van der Waals surface area contributed by atoms with Gasteiger partial charge < -0.3 is 29.6 Å². The first-order valence-corrected chi connectivity index (χ1v) is 18.0. The number of alkyl halides is 3. The molecule has 1 aromatic carbocycles. The van der Waals surface area contributed by atoms with Crippen LogP contribution in [0.1, 0.15) is 24.1 Å². The van der Waals surface area contributed by atoms with Gasteiger partial charge in [-0.1, -0.05) is 31.8 Å². The van der Waals surface area contributed by atoms with Crippen LogP contribution in [0.5, 0.6) is 0 Å². The summed E-state index contributed by atoms with van der Waals surface area (Å²) in [5, 5.41) is 22.5. The predicted octanol–water partition coefficient (Wildman–Crippen LogP) is 6.85. The summed E-state index contributed by atoms with van der Waals surface area (Å²) in [6.07, 6.45) is -0.412. The maximum atomic E-state index is 14.1. The van der Waals surface area contributed by atoms with Crippen molar-refractivity contribution in [1.29, 1.82) is 5.26 Å². The number of aromatic nitrogens is 4. The summed E-state index contributed by atoms with van der Waals surface area (Å²) in [6.45, 7) is 8.26. The fraction of sp³-hybridized carbons (Fsp3) is 0.400. The summed E-state index contributed by atoms with van der Waals surface area (Å²) in [6, 6.07) is 9.98. The van der Waals surface area contributed by atoms with Crippen molar-refractivity contribution < 1.29 is 27.8 Å². The molecule has 0 aliphatic carbocycles. The lowest BCUT2D eigenvalue weighted by Gasteiger charge is -2.31. The van der Waals surface area contributed by atoms with Crippen LogP contribution in [0.25, 0.3) is 33.3 Å². The maximum Gasteiger partial charge on any atom is 0.419 e. The lowest BCUT2D eigenvalue weighted by Crippen LogP contribution is -2.44. The summed E-state index contributed by atoms with van der Waals surface area (Å²) >= 11 is 0. The average Bonchev–Trinajstić information content (AvgIpc) is 3.58. The molecule has 4 aromatic rings. The smallest absolute Gasteiger partial charge is 0.419 e. The van der Waals surface area contributed by atoms with Gasteiger partial charge in [0.1, 0.15) is 24.1 Å². The number of hydrogen-bond donors (Lipinski definition) is 3. The van der Waals surface area contributed by atoms with E-state index >= 15 is 0 Å². The number of aromatic amines is 1. The van der Waals surface area contributed by atoms with Gasteiger partial charge in [-0.25, -0.2) is 14.8 Å². The van der Waals surface area contributed by atoms with Crippen LogP contribution in [0.15, 0.2) is 42.9 Å². The minimum absolute atomic E-state index is 0.00588. The summed E-state index contributed by atoms with van der Waals surface area (Å²) < 4.78 is 49.8. The highest BCUT2D eigenvalue weighted by atomic mass is 28.3.